The lowest BCUT2D eigenvalue weighted by Crippen LogP contribution is -2.27. The first-order valence-electron chi connectivity index (χ1n) is 12.0. The Hall–Kier alpha value is -4.33. The molecule has 0 spiro atoms. The number of amides is 2. The highest BCUT2D eigenvalue weighted by molar-refractivity contribution is 6.04. The fraction of sp³-hybridized carbons (Fsp3) is 0.276. The zero-order valence-electron chi connectivity index (χ0n) is 22.5. The molecule has 1 aromatic heterocycles. The van der Waals surface area contributed by atoms with Crippen LogP contribution in [0.3, 0.4) is 0 Å². The van der Waals surface area contributed by atoms with Crippen molar-refractivity contribution in [3.05, 3.63) is 83.9 Å². The molecule has 8 nitrogen and oxygen atoms in total. The molecule has 37 heavy (non-hydrogen) atoms. The van der Waals surface area contributed by atoms with Gasteiger partial charge in [-0.2, -0.15) is 4.98 Å². The van der Waals surface area contributed by atoms with Gasteiger partial charge in [0.1, 0.15) is 5.75 Å². The first kappa shape index (κ1) is 27.3. The van der Waals surface area contributed by atoms with E-state index in [1.165, 1.54) is 0 Å². The third-order valence-electron chi connectivity index (χ3n) is 5.44. The zero-order chi connectivity index (χ0) is 27.0. The molecule has 0 atom stereocenters. The molecular weight excluding hydrogens is 466 g/mol. The predicted octanol–water partition coefficient (Wildman–Crippen LogP) is 6.93. The minimum absolute atomic E-state index is 0.111. The van der Waals surface area contributed by atoms with Crippen LogP contribution in [-0.4, -0.2) is 30.2 Å². The third-order valence-corrected chi connectivity index (χ3v) is 5.44. The molecule has 0 aliphatic carbocycles. The van der Waals surface area contributed by atoms with Crippen LogP contribution in [-0.2, 0) is 4.74 Å². The maximum absolute atomic E-state index is 12.9. The molecular formula is C29H35N5O3. The summed E-state index contributed by atoms with van der Waals surface area (Å²) in [5.74, 6) is 1.54. The quantitative estimate of drug-likeness (QED) is 0.229. The van der Waals surface area contributed by atoms with Crippen molar-refractivity contribution in [3.8, 4) is 11.6 Å². The summed E-state index contributed by atoms with van der Waals surface area (Å²) in [6, 6.07) is 12.8. The van der Waals surface area contributed by atoms with E-state index in [9.17, 15) is 4.79 Å². The molecule has 0 radical (unpaired) electrons. The van der Waals surface area contributed by atoms with E-state index in [0.29, 0.717) is 29.0 Å². The number of nitrogens with zero attached hydrogens (tertiary/aromatic N) is 2. The van der Waals surface area contributed by atoms with Crippen molar-refractivity contribution in [2.75, 3.05) is 24.8 Å². The van der Waals surface area contributed by atoms with Gasteiger partial charge in [0.15, 0.2) is 0 Å². The summed E-state index contributed by atoms with van der Waals surface area (Å²) in [5.41, 5.74) is 3.11. The number of allylic oxidation sites excluding steroid dienone is 5. The Labute approximate surface area is 218 Å². The highest BCUT2D eigenvalue weighted by Crippen LogP contribution is 2.34. The van der Waals surface area contributed by atoms with Gasteiger partial charge in [-0.05, 0) is 49.1 Å². The van der Waals surface area contributed by atoms with Crippen LogP contribution < -0.4 is 20.7 Å². The van der Waals surface area contributed by atoms with Crippen molar-refractivity contribution >= 4 is 28.4 Å². The number of benzene rings is 2. The van der Waals surface area contributed by atoms with Crippen molar-refractivity contribution in [1.29, 1.82) is 0 Å². The number of methoxy groups -OCH3 is 1. The van der Waals surface area contributed by atoms with Gasteiger partial charge in [0.2, 0.25) is 11.8 Å². The molecule has 3 aromatic rings. The lowest BCUT2D eigenvalue weighted by Gasteiger charge is -2.21. The molecule has 8 heteroatoms. The summed E-state index contributed by atoms with van der Waals surface area (Å²) in [6.45, 7) is 10.1. The van der Waals surface area contributed by atoms with Gasteiger partial charge in [0.05, 0.1) is 19.1 Å². The van der Waals surface area contributed by atoms with Crippen LogP contribution >= 0.6 is 0 Å². The van der Waals surface area contributed by atoms with Gasteiger partial charge in [0.25, 0.3) is 0 Å². The van der Waals surface area contributed by atoms with E-state index in [2.05, 4.69) is 46.7 Å². The number of hydrogen-bond donors (Lipinski definition) is 3. The first-order chi connectivity index (χ1) is 17.6. The minimum Gasteiger partial charge on any atom is -0.504 e. The maximum Gasteiger partial charge on any atom is 0.323 e. The standard InChI is InChI=1S/C29H35N5O3/c1-19(17-21(29(3,4)5)11-10-16-36-7)32-28(35)33-24-14-15-25(23-13-9-8-12-22(23)24)37-26-18-20(2)31-27(30-6)34-26/h8-18H,1-7H3,(H,30,31,34)(H2,32,33,35)/b16-10+,19-17+,21-11+. The Bertz CT molecular complexity index is 1350. The fourth-order valence-electron chi connectivity index (χ4n) is 3.62. The van der Waals surface area contributed by atoms with Crippen LogP contribution in [0.4, 0.5) is 16.4 Å². The Morgan fingerprint density at radius 1 is 1.05 bits per heavy atom. The Morgan fingerprint density at radius 3 is 2.46 bits per heavy atom. The minimum atomic E-state index is -0.335. The number of aromatic nitrogens is 2. The van der Waals surface area contributed by atoms with Crippen LogP contribution in [0.2, 0.25) is 0 Å². The summed E-state index contributed by atoms with van der Waals surface area (Å²) in [5, 5.41) is 10.5. The summed E-state index contributed by atoms with van der Waals surface area (Å²) in [4.78, 5) is 21.5. The van der Waals surface area contributed by atoms with E-state index < -0.39 is 0 Å². The average molecular weight is 502 g/mol. The van der Waals surface area contributed by atoms with Crippen molar-refractivity contribution in [2.24, 2.45) is 5.41 Å². The molecule has 1 heterocycles. The molecule has 194 valence electrons. The number of hydrogen-bond acceptors (Lipinski definition) is 6. The van der Waals surface area contributed by atoms with Crippen molar-refractivity contribution in [2.45, 2.75) is 34.6 Å². The van der Waals surface area contributed by atoms with Crippen LogP contribution in [0.25, 0.3) is 10.8 Å². The van der Waals surface area contributed by atoms with E-state index >= 15 is 0 Å². The molecule has 0 saturated carbocycles. The summed E-state index contributed by atoms with van der Waals surface area (Å²) in [6.07, 6.45) is 7.37. The molecule has 2 aromatic carbocycles. The van der Waals surface area contributed by atoms with Gasteiger partial charge in [0, 0.05) is 35.3 Å². The SMILES string of the molecule is CNc1nc(C)cc(Oc2ccc(NC(=O)N/C(C)=C/C(=C\C=C\OC)C(C)(C)C)c3ccccc23)n1. The molecule has 0 fully saturated rings. The van der Waals surface area contributed by atoms with E-state index in [4.69, 9.17) is 9.47 Å². The fourth-order valence-corrected chi connectivity index (χ4v) is 3.62. The number of urea groups is 1. The van der Waals surface area contributed by atoms with Crippen molar-refractivity contribution in [1.82, 2.24) is 15.3 Å². The molecule has 3 N–H and O–H groups in total. The topological polar surface area (TPSA) is 97.4 Å². The average Bonchev–Trinajstić information content (AvgIpc) is 2.84. The summed E-state index contributed by atoms with van der Waals surface area (Å²) < 4.78 is 11.1. The van der Waals surface area contributed by atoms with E-state index in [-0.39, 0.29) is 11.4 Å². The molecule has 3 rings (SSSR count). The lowest BCUT2D eigenvalue weighted by atomic mass is 9.85. The van der Waals surface area contributed by atoms with Gasteiger partial charge < -0.3 is 25.4 Å². The number of fused-ring (bicyclic) bond motifs is 1. The number of carbonyl (C=O) groups excluding carboxylic acids is 1. The number of nitrogens with one attached hydrogen (secondary N) is 3. The van der Waals surface area contributed by atoms with Crippen LogP contribution in [0.1, 0.15) is 33.4 Å². The molecule has 0 saturated heterocycles. The van der Waals surface area contributed by atoms with Crippen LogP contribution in [0, 0.1) is 12.3 Å². The maximum atomic E-state index is 12.9. The number of aryl methyl sites for hydroxylation is 1. The Balaban J connectivity index is 1.82. The number of ether oxygens (including phenoxy) is 2. The first-order valence-corrected chi connectivity index (χ1v) is 12.0. The summed E-state index contributed by atoms with van der Waals surface area (Å²) >= 11 is 0. The monoisotopic (exact) mass is 501 g/mol. The van der Waals surface area contributed by atoms with Gasteiger partial charge in [-0.3, -0.25) is 0 Å². The highest BCUT2D eigenvalue weighted by Gasteiger charge is 2.16. The highest BCUT2D eigenvalue weighted by atomic mass is 16.5. The molecule has 0 bridgehead atoms. The van der Waals surface area contributed by atoms with E-state index in [0.717, 1.165) is 22.0 Å². The van der Waals surface area contributed by atoms with Gasteiger partial charge in [-0.1, -0.05) is 51.1 Å². The zero-order valence-corrected chi connectivity index (χ0v) is 22.5. The smallest absolute Gasteiger partial charge is 0.323 e. The normalized spacial score (nSPS) is 12.5. The molecule has 2 amide bonds. The van der Waals surface area contributed by atoms with Crippen molar-refractivity contribution in [3.63, 3.8) is 0 Å². The second kappa shape index (κ2) is 12.1. The van der Waals surface area contributed by atoms with Gasteiger partial charge in [-0.25, -0.2) is 9.78 Å². The number of anilines is 2. The molecule has 0 aliphatic heterocycles. The number of rotatable bonds is 8. The van der Waals surface area contributed by atoms with E-state index in [1.807, 2.05) is 68.5 Å². The van der Waals surface area contributed by atoms with Crippen molar-refractivity contribution < 1.29 is 14.3 Å². The molecule has 0 aliphatic rings. The second-order valence-corrected chi connectivity index (χ2v) is 9.52. The predicted molar refractivity (Wildman–Crippen MR) is 150 cm³/mol. The lowest BCUT2D eigenvalue weighted by molar-refractivity contribution is 0.254. The second-order valence-electron chi connectivity index (χ2n) is 9.52. The van der Waals surface area contributed by atoms with E-state index in [1.54, 1.807) is 26.5 Å². The van der Waals surface area contributed by atoms with Gasteiger partial charge in [-0.15, -0.1) is 0 Å². The third kappa shape index (κ3) is 7.57. The van der Waals surface area contributed by atoms with Crippen LogP contribution in [0.15, 0.2) is 78.2 Å². The Morgan fingerprint density at radius 2 is 1.78 bits per heavy atom. The molecule has 0 unspecified atom stereocenters. The Kier molecular flexibility index (Phi) is 8.90. The van der Waals surface area contributed by atoms with Gasteiger partial charge >= 0.3 is 6.03 Å². The summed E-state index contributed by atoms with van der Waals surface area (Å²) in [7, 11) is 3.36. The largest absolute Gasteiger partial charge is 0.504 e. The van der Waals surface area contributed by atoms with Crippen LogP contribution in [0.5, 0.6) is 11.6 Å². The number of carbonyl (C=O) groups is 1.